The second-order valence-electron chi connectivity index (χ2n) is 6.75. The summed E-state index contributed by atoms with van der Waals surface area (Å²) in [6, 6.07) is 13.2. The summed E-state index contributed by atoms with van der Waals surface area (Å²) >= 11 is 12.0. The lowest BCUT2D eigenvalue weighted by Crippen LogP contribution is -2.27. The molecule has 0 saturated carbocycles. The lowest BCUT2D eigenvalue weighted by atomic mass is 9.88. The average Bonchev–Trinajstić information content (AvgIpc) is 2.85. The molecule has 0 amide bonds. The van der Waals surface area contributed by atoms with E-state index in [2.05, 4.69) is 9.55 Å². The molecule has 0 unspecified atom stereocenters. The number of benzene rings is 1. The fraction of sp³-hybridized carbons (Fsp3) is 0.263. The van der Waals surface area contributed by atoms with Crippen LogP contribution in [0, 0.1) is 5.41 Å². The molecule has 0 aliphatic heterocycles. The first-order valence-corrected chi connectivity index (χ1v) is 8.64. The fourth-order valence-corrected chi connectivity index (χ4v) is 3.08. The second kappa shape index (κ2) is 6.70. The van der Waals surface area contributed by atoms with Crippen LogP contribution in [0.4, 0.5) is 0 Å². The van der Waals surface area contributed by atoms with Crippen LogP contribution in [0.15, 0.2) is 42.5 Å². The van der Waals surface area contributed by atoms with Crippen molar-refractivity contribution in [1.82, 2.24) is 9.55 Å². The molecule has 2 aromatic heterocycles. The molecule has 3 rings (SSSR count). The quantitative estimate of drug-likeness (QED) is 0.634. The van der Waals surface area contributed by atoms with Crippen molar-refractivity contribution in [3.8, 4) is 0 Å². The number of halogens is 2. The molecule has 0 saturated heterocycles. The van der Waals surface area contributed by atoms with Crippen LogP contribution in [0.25, 0.3) is 11.0 Å². The van der Waals surface area contributed by atoms with Crippen LogP contribution in [-0.2, 0) is 17.8 Å². The zero-order valence-electron chi connectivity index (χ0n) is 14.0. The number of hydrogen-bond donors (Lipinski definition) is 1. The monoisotopic (exact) mass is 376 g/mol. The molecule has 25 heavy (non-hydrogen) atoms. The summed E-state index contributed by atoms with van der Waals surface area (Å²) in [7, 11) is 0. The Bertz CT molecular complexity index is 930. The molecule has 3 aromatic rings. The highest BCUT2D eigenvalue weighted by Gasteiger charge is 2.29. The van der Waals surface area contributed by atoms with E-state index in [9.17, 15) is 9.90 Å². The maximum Gasteiger partial charge on any atom is 0.309 e. The number of aliphatic carboxylic acids is 1. The minimum absolute atomic E-state index is 0.393. The Kier molecular flexibility index (Phi) is 4.76. The summed E-state index contributed by atoms with van der Waals surface area (Å²) < 4.78 is 2.09. The summed E-state index contributed by atoms with van der Waals surface area (Å²) in [4.78, 5) is 15.9. The Hall–Kier alpha value is -2.04. The van der Waals surface area contributed by atoms with Gasteiger partial charge in [-0.1, -0.05) is 35.3 Å². The van der Waals surface area contributed by atoms with Crippen molar-refractivity contribution in [3.63, 3.8) is 0 Å². The lowest BCUT2D eigenvalue weighted by Gasteiger charge is -2.20. The van der Waals surface area contributed by atoms with Crippen LogP contribution < -0.4 is 0 Å². The van der Waals surface area contributed by atoms with Gasteiger partial charge >= 0.3 is 5.97 Å². The number of rotatable bonds is 5. The van der Waals surface area contributed by atoms with Crippen LogP contribution in [0.3, 0.4) is 0 Å². The van der Waals surface area contributed by atoms with Gasteiger partial charge in [0, 0.05) is 23.7 Å². The minimum Gasteiger partial charge on any atom is -0.481 e. The van der Waals surface area contributed by atoms with Gasteiger partial charge in [0.05, 0.1) is 16.4 Å². The molecule has 1 N–H and O–H groups in total. The van der Waals surface area contributed by atoms with Gasteiger partial charge < -0.3 is 9.67 Å². The molecule has 1 aromatic carbocycles. The second-order valence-corrected chi connectivity index (χ2v) is 7.58. The van der Waals surface area contributed by atoms with E-state index < -0.39 is 11.4 Å². The molecule has 0 atom stereocenters. The van der Waals surface area contributed by atoms with E-state index >= 15 is 0 Å². The summed E-state index contributed by atoms with van der Waals surface area (Å²) in [5.41, 5.74) is 2.79. The van der Waals surface area contributed by atoms with E-state index in [0.717, 1.165) is 22.3 Å². The molecule has 0 aliphatic rings. The number of hydrogen-bond acceptors (Lipinski definition) is 2. The zero-order valence-corrected chi connectivity index (χ0v) is 15.5. The summed E-state index contributed by atoms with van der Waals surface area (Å²) in [5, 5.41) is 10.6. The summed E-state index contributed by atoms with van der Waals surface area (Å²) in [6.07, 6.45) is 0.393. The van der Waals surface area contributed by atoms with E-state index in [0.29, 0.717) is 23.1 Å². The predicted molar refractivity (Wildman–Crippen MR) is 100 cm³/mol. The number of nitrogens with zero attached hydrogens (tertiary/aromatic N) is 2. The van der Waals surface area contributed by atoms with Gasteiger partial charge in [-0.3, -0.25) is 4.79 Å². The first-order chi connectivity index (χ1) is 11.8. The SMILES string of the molecule is CC(C)(Cc1cc2nc(Cl)ccc2n1Cc1ccc(Cl)cc1)C(=O)O. The Labute approximate surface area is 156 Å². The van der Waals surface area contributed by atoms with Gasteiger partial charge in [0.2, 0.25) is 0 Å². The van der Waals surface area contributed by atoms with E-state index in [1.165, 1.54) is 0 Å². The molecule has 0 radical (unpaired) electrons. The van der Waals surface area contributed by atoms with Crippen molar-refractivity contribution in [2.45, 2.75) is 26.8 Å². The normalized spacial score (nSPS) is 11.8. The van der Waals surface area contributed by atoms with E-state index in [1.54, 1.807) is 19.9 Å². The molecule has 0 spiro atoms. The molecule has 130 valence electrons. The number of aromatic nitrogens is 2. The first kappa shape index (κ1) is 17.8. The first-order valence-electron chi connectivity index (χ1n) is 7.89. The third-order valence-corrected chi connectivity index (χ3v) is 4.73. The van der Waals surface area contributed by atoms with Crippen molar-refractivity contribution < 1.29 is 9.90 Å². The van der Waals surface area contributed by atoms with Crippen LogP contribution in [0.2, 0.25) is 10.2 Å². The number of carboxylic acids is 1. The van der Waals surface area contributed by atoms with E-state index in [4.69, 9.17) is 23.2 Å². The molecule has 2 heterocycles. The minimum atomic E-state index is -0.879. The molecule has 0 bridgehead atoms. The summed E-state index contributed by atoms with van der Waals surface area (Å²) in [6.45, 7) is 4.05. The third-order valence-electron chi connectivity index (χ3n) is 4.27. The van der Waals surface area contributed by atoms with Crippen molar-refractivity contribution >= 4 is 40.2 Å². The van der Waals surface area contributed by atoms with Crippen LogP contribution in [0.1, 0.15) is 25.1 Å². The van der Waals surface area contributed by atoms with Crippen LogP contribution in [0.5, 0.6) is 0 Å². The largest absolute Gasteiger partial charge is 0.481 e. The van der Waals surface area contributed by atoms with Gasteiger partial charge in [0.25, 0.3) is 0 Å². The van der Waals surface area contributed by atoms with Gasteiger partial charge in [-0.15, -0.1) is 0 Å². The van der Waals surface area contributed by atoms with Gasteiger partial charge in [0.1, 0.15) is 5.15 Å². The van der Waals surface area contributed by atoms with Crippen molar-refractivity contribution in [2.75, 3.05) is 0 Å². The molecule has 0 aliphatic carbocycles. The van der Waals surface area contributed by atoms with Crippen LogP contribution in [-0.4, -0.2) is 20.6 Å². The van der Waals surface area contributed by atoms with Crippen molar-refractivity contribution in [3.05, 3.63) is 63.9 Å². The Morgan fingerprint density at radius 2 is 1.84 bits per heavy atom. The highest BCUT2D eigenvalue weighted by atomic mass is 35.5. The standard InChI is InChI=1S/C19H18Cl2N2O2/c1-19(2,18(24)25)10-14-9-15-16(7-8-17(21)22-15)23(14)11-12-3-5-13(20)6-4-12/h3-9H,10-11H2,1-2H3,(H,24,25). The zero-order chi connectivity index (χ0) is 18.2. The highest BCUT2D eigenvalue weighted by Crippen LogP contribution is 2.28. The average molecular weight is 377 g/mol. The molecule has 0 fully saturated rings. The van der Waals surface area contributed by atoms with Gasteiger partial charge in [-0.05, 0) is 49.7 Å². The van der Waals surface area contributed by atoms with Crippen LogP contribution >= 0.6 is 23.2 Å². The predicted octanol–water partition coefficient (Wildman–Crippen LogP) is 5.04. The Morgan fingerprint density at radius 3 is 2.48 bits per heavy atom. The molecule has 4 nitrogen and oxygen atoms in total. The lowest BCUT2D eigenvalue weighted by molar-refractivity contribution is -0.146. The highest BCUT2D eigenvalue weighted by molar-refractivity contribution is 6.30. The third kappa shape index (κ3) is 3.80. The number of carbonyl (C=O) groups is 1. The Morgan fingerprint density at radius 1 is 1.16 bits per heavy atom. The van der Waals surface area contributed by atoms with Gasteiger partial charge in [0.15, 0.2) is 0 Å². The van der Waals surface area contributed by atoms with E-state index in [1.807, 2.05) is 36.4 Å². The number of carboxylic acid groups (broad SMARTS) is 1. The van der Waals surface area contributed by atoms with Crippen molar-refractivity contribution in [1.29, 1.82) is 0 Å². The molecular formula is C19H18Cl2N2O2. The van der Waals surface area contributed by atoms with Gasteiger partial charge in [-0.2, -0.15) is 0 Å². The smallest absolute Gasteiger partial charge is 0.309 e. The maximum absolute atomic E-state index is 11.5. The van der Waals surface area contributed by atoms with E-state index in [-0.39, 0.29) is 0 Å². The fourth-order valence-electron chi connectivity index (χ4n) is 2.80. The molecule has 6 heteroatoms. The molecular weight excluding hydrogens is 359 g/mol. The maximum atomic E-state index is 11.5. The topological polar surface area (TPSA) is 55.1 Å². The number of pyridine rings is 1. The van der Waals surface area contributed by atoms with Crippen molar-refractivity contribution in [2.24, 2.45) is 5.41 Å². The Balaban J connectivity index is 2.08. The number of fused-ring (bicyclic) bond motifs is 1. The summed E-state index contributed by atoms with van der Waals surface area (Å²) in [5.74, 6) is -0.832. The van der Waals surface area contributed by atoms with Gasteiger partial charge in [-0.25, -0.2) is 4.98 Å².